The topological polar surface area (TPSA) is 35.5 Å². The Hall–Kier alpha value is -1.06. The molecule has 2 atom stereocenters. The van der Waals surface area contributed by atoms with Crippen LogP contribution in [0.2, 0.25) is 0 Å². The van der Waals surface area contributed by atoms with Crippen molar-refractivity contribution in [1.29, 1.82) is 0 Å². The van der Waals surface area contributed by atoms with Gasteiger partial charge >= 0.3 is 0 Å². The molecule has 1 heterocycles. The number of rotatable bonds is 5. The number of nitrogens with zero attached hydrogens (tertiary/aromatic N) is 1. The van der Waals surface area contributed by atoms with E-state index in [1.54, 1.807) is 0 Å². The Morgan fingerprint density at radius 2 is 2.15 bits per heavy atom. The van der Waals surface area contributed by atoms with Crippen LogP contribution in [0, 0.1) is 5.41 Å². The summed E-state index contributed by atoms with van der Waals surface area (Å²) >= 11 is 0. The minimum Gasteiger partial charge on any atom is -0.392 e. The molecule has 2 aliphatic rings. The van der Waals surface area contributed by atoms with E-state index in [1.165, 1.54) is 17.7 Å². The van der Waals surface area contributed by atoms with Crippen LogP contribution in [-0.4, -0.2) is 36.9 Å². The van der Waals surface area contributed by atoms with Gasteiger partial charge < -0.3 is 15.3 Å². The molecule has 1 aliphatic heterocycles. The standard InChI is InChI=1S/C17H26N2O/c1-17(2)15(12-16(17)20)18-9-5-10-19-11-8-13-6-3-4-7-14(13)19/h3-4,6-7,15-16,18,20H,5,8-12H2,1-2H3. The Kier molecular flexibility index (Phi) is 3.74. The van der Waals surface area contributed by atoms with Crippen molar-refractivity contribution < 1.29 is 5.11 Å². The number of nitrogens with one attached hydrogen (secondary N) is 1. The Balaban J connectivity index is 1.42. The van der Waals surface area contributed by atoms with E-state index >= 15 is 0 Å². The summed E-state index contributed by atoms with van der Waals surface area (Å²) in [5, 5.41) is 13.3. The summed E-state index contributed by atoms with van der Waals surface area (Å²) in [6, 6.07) is 9.22. The van der Waals surface area contributed by atoms with Crippen molar-refractivity contribution in [3.05, 3.63) is 29.8 Å². The molecule has 2 N–H and O–H groups in total. The van der Waals surface area contributed by atoms with Crippen LogP contribution in [0.4, 0.5) is 5.69 Å². The van der Waals surface area contributed by atoms with Crippen LogP contribution >= 0.6 is 0 Å². The molecule has 0 bridgehead atoms. The molecule has 1 aromatic rings. The van der Waals surface area contributed by atoms with Gasteiger partial charge in [0.25, 0.3) is 0 Å². The zero-order valence-electron chi connectivity index (χ0n) is 12.6. The molecule has 1 saturated carbocycles. The lowest BCUT2D eigenvalue weighted by atomic mass is 9.64. The molecule has 0 radical (unpaired) electrons. The highest BCUT2D eigenvalue weighted by molar-refractivity contribution is 5.57. The van der Waals surface area contributed by atoms with Gasteiger partial charge in [-0.3, -0.25) is 0 Å². The molecule has 0 amide bonds. The van der Waals surface area contributed by atoms with Crippen LogP contribution in [0.25, 0.3) is 0 Å². The molecular formula is C17H26N2O. The lowest BCUT2D eigenvalue weighted by molar-refractivity contribution is -0.0721. The molecule has 1 fully saturated rings. The van der Waals surface area contributed by atoms with Gasteiger partial charge in [0.2, 0.25) is 0 Å². The summed E-state index contributed by atoms with van der Waals surface area (Å²) in [4.78, 5) is 2.50. The fraction of sp³-hybridized carbons (Fsp3) is 0.647. The molecule has 0 aromatic heterocycles. The predicted octanol–water partition coefficient (Wildman–Crippen LogP) is 2.19. The molecule has 0 spiro atoms. The number of aliphatic hydroxyl groups excluding tert-OH is 1. The van der Waals surface area contributed by atoms with E-state index in [-0.39, 0.29) is 11.5 Å². The predicted molar refractivity (Wildman–Crippen MR) is 83.2 cm³/mol. The first-order valence-corrected chi connectivity index (χ1v) is 7.83. The monoisotopic (exact) mass is 274 g/mol. The number of benzene rings is 1. The second-order valence-electron chi connectivity index (χ2n) is 6.80. The van der Waals surface area contributed by atoms with Crippen LogP contribution in [0.1, 0.15) is 32.3 Å². The molecule has 1 aromatic carbocycles. The molecule has 20 heavy (non-hydrogen) atoms. The van der Waals surface area contributed by atoms with Crippen molar-refractivity contribution in [3.8, 4) is 0 Å². The smallest absolute Gasteiger partial charge is 0.0621 e. The second kappa shape index (κ2) is 5.38. The van der Waals surface area contributed by atoms with Gasteiger partial charge in [0, 0.05) is 30.2 Å². The molecule has 3 rings (SSSR count). The van der Waals surface area contributed by atoms with E-state index < -0.39 is 0 Å². The molecular weight excluding hydrogens is 248 g/mol. The molecule has 110 valence electrons. The van der Waals surface area contributed by atoms with Crippen LogP contribution < -0.4 is 10.2 Å². The summed E-state index contributed by atoms with van der Waals surface area (Å²) in [7, 11) is 0. The average Bonchev–Trinajstić information content (AvgIpc) is 2.85. The van der Waals surface area contributed by atoms with Gasteiger partial charge in [0.15, 0.2) is 0 Å². The quantitative estimate of drug-likeness (QED) is 0.808. The van der Waals surface area contributed by atoms with E-state index in [4.69, 9.17) is 0 Å². The van der Waals surface area contributed by atoms with Crippen LogP contribution in [0.3, 0.4) is 0 Å². The fourth-order valence-electron chi connectivity index (χ4n) is 3.43. The van der Waals surface area contributed by atoms with Crippen molar-refractivity contribution in [3.63, 3.8) is 0 Å². The number of hydrogen-bond acceptors (Lipinski definition) is 3. The maximum Gasteiger partial charge on any atom is 0.0621 e. The minimum atomic E-state index is -0.134. The zero-order valence-corrected chi connectivity index (χ0v) is 12.6. The Bertz CT molecular complexity index is 472. The van der Waals surface area contributed by atoms with Gasteiger partial charge in [-0.2, -0.15) is 0 Å². The van der Waals surface area contributed by atoms with Gasteiger partial charge in [0.1, 0.15) is 0 Å². The Labute approximate surface area is 122 Å². The highest BCUT2D eigenvalue weighted by Gasteiger charge is 2.46. The lowest BCUT2D eigenvalue weighted by Crippen LogP contribution is -2.60. The Morgan fingerprint density at radius 1 is 1.35 bits per heavy atom. The molecule has 3 heteroatoms. The number of fused-ring (bicyclic) bond motifs is 1. The Morgan fingerprint density at radius 3 is 2.90 bits per heavy atom. The van der Waals surface area contributed by atoms with Crippen LogP contribution in [-0.2, 0) is 6.42 Å². The van der Waals surface area contributed by atoms with Gasteiger partial charge in [-0.05, 0) is 37.4 Å². The molecule has 1 aliphatic carbocycles. The first-order chi connectivity index (χ1) is 9.59. The number of aliphatic hydroxyl groups is 1. The summed E-state index contributed by atoms with van der Waals surface area (Å²) < 4.78 is 0. The summed E-state index contributed by atoms with van der Waals surface area (Å²) in [6.45, 7) is 7.62. The summed E-state index contributed by atoms with van der Waals surface area (Å²) in [5.74, 6) is 0. The molecule has 3 nitrogen and oxygen atoms in total. The average molecular weight is 274 g/mol. The van der Waals surface area contributed by atoms with E-state index in [0.29, 0.717) is 6.04 Å². The zero-order chi connectivity index (χ0) is 14.2. The van der Waals surface area contributed by atoms with E-state index in [1.807, 2.05) is 0 Å². The SMILES string of the molecule is CC1(C)C(O)CC1NCCCN1CCc2ccccc21. The third-order valence-corrected chi connectivity index (χ3v) is 5.19. The van der Waals surface area contributed by atoms with E-state index in [2.05, 4.69) is 48.3 Å². The van der Waals surface area contributed by atoms with Crippen LogP contribution in [0.5, 0.6) is 0 Å². The van der Waals surface area contributed by atoms with Crippen molar-refractivity contribution in [2.75, 3.05) is 24.5 Å². The number of hydrogen-bond donors (Lipinski definition) is 2. The fourth-order valence-corrected chi connectivity index (χ4v) is 3.43. The summed E-state index contributed by atoms with van der Waals surface area (Å²) in [6.07, 6.45) is 3.12. The van der Waals surface area contributed by atoms with E-state index in [9.17, 15) is 5.11 Å². The van der Waals surface area contributed by atoms with Gasteiger partial charge in [-0.15, -0.1) is 0 Å². The first kappa shape index (κ1) is 13.9. The third kappa shape index (κ3) is 2.45. The third-order valence-electron chi connectivity index (χ3n) is 5.19. The largest absolute Gasteiger partial charge is 0.392 e. The molecule has 0 saturated heterocycles. The van der Waals surface area contributed by atoms with Crippen molar-refractivity contribution in [1.82, 2.24) is 5.32 Å². The second-order valence-corrected chi connectivity index (χ2v) is 6.80. The van der Waals surface area contributed by atoms with Gasteiger partial charge in [0.05, 0.1) is 6.10 Å². The minimum absolute atomic E-state index is 0.0419. The van der Waals surface area contributed by atoms with Gasteiger partial charge in [-0.25, -0.2) is 0 Å². The van der Waals surface area contributed by atoms with E-state index in [0.717, 1.165) is 32.5 Å². The lowest BCUT2D eigenvalue weighted by Gasteiger charge is -2.49. The van der Waals surface area contributed by atoms with Crippen molar-refractivity contribution in [2.45, 2.75) is 45.3 Å². The van der Waals surface area contributed by atoms with Gasteiger partial charge in [-0.1, -0.05) is 32.0 Å². The number of anilines is 1. The summed E-state index contributed by atoms with van der Waals surface area (Å²) in [5.41, 5.74) is 2.95. The highest BCUT2D eigenvalue weighted by Crippen LogP contribution is 2.40. The van der Waals surface area contributed by atoms with Crippen molar-refractivity contribution in [2.24, 2.45) is 5.41 Å². The number of para-hydroxylation sites is 1. The highest BCUT2D eigenvalue weighted by atomic mass is 16.3. The van der Waals surface area contributed by atoms with Crippen LogP contribution in [0.15, 0.2) is 24.3 Å². The maximum atomic E-state index is 9.74. The maximum absolute atomic E-state index is 9.74. The first-order valence-electron chi connectivity index (χ1n) is 7.83. The van der Waals surface area contributed by atoms with Crippen molar-refractivity contribution >= 4 is 5.69 Å². The normalized spacial score (nSPS) is 27.2. The molecule has 2 unspecified atom stereocenters.